The van der Waals surface area contributed by atoms with Crippen LogP contribution in [0.3, 0.4) is 0 Å². The lowest BCUT2D eigenvalue weighted by Crippen LogP contribution is -2.54. The first-order valence-electron chi connectivity index (χ1n) is 22.1. The summed E-state index contributed by atoms with van der Waals surface area (Å²) in [5.74, 6) is -1.73. The number of fused-ring (bicyclic) bond motifs is 1. The van der Waals surface area contributed by atoms with E-state index in [4.69, 9.17) is 5.73 Å². The van der Waals surface area contributed by atoms with Gasteiger partial charge in [0.15, 0.2) is 5.78 Å². The number of ketones is 3. The molecule has 5 aliphatic carbocycles. The fourth-order valence-electron chi connectivity index (χ4n) is 13.0. The van der Waals surface area contributed by atoms with Gasteiger partial charge in [-0.05, 0) is 79.6 Å². The lowest BCUT2D eigenvalue weighted by Gasteiger charge is -2.43. The third-order valence-electron chi connectivity index (χ3n) is 17.4. The molecule has 3 spiro atoms. The molecule has 7 rings (SSSR count). The summed E-state index contributed by atoms with van der Waals surface area (Å²) in [5, 5.41) is 0. The van der Waals surface area contributed by atoms with Crippen molar-refractivity contribution in [3.63, 3.8) is 0 Å². The molecule has 2 aliphatic heterocycles. The number of Topliss-reactive ketones (excluding diaryl/α,β-unsaturated/α-hetero) is 3. The highest BCUT2D eigenvalue weighted by atomic mass is 16.2. The zero-order valence-corrected chi connectivity index (χ0v) is 34.7. The number of likely N-dealkylation sites (N-methyl/N-ethyl adjacent to an activating group) is 1. The first-order valence-corrected chi connectivity index (χ1v) is 22.1. The third-order valence-corrected chi connectivity index (χ3v) is 17.4. The number of piperazine rings is 1. The van der Waals surface area contributed by atoms with E-state index in [9.17, 15) is 19.2 Å². The van der Waals surface area contributed by atoms with Crippen molar-refractivity contribution in [1.29, 1.82) is 0 Å². The molecule has 7 aliphatic rings. The van der Waals surface area contributed by atoms with Gasteiger partial charge in [0.2, 0.25) is 11.7 Å². The monoisotopic (exact) mass is 749 g/mol. The molecule has 2 heterocycles. The van der Waals surface area contributed by atoms with E-state index in [-0.39, 0.29) is 46.6 Å². The van der Waals surface area contributed by atoms with Gasteiger partial charge in [0.05, 0.1) is 6.04 Å². The molecule has 0 aromatic heterocycles. The number of nitrogens with two attached hydrogens (primary N) is 1. The third kappa shape index (κ3) is 7.06. The van der Waals surface area contributed by atoms with Crippen molar-refractivity contribution < 1.29 is 24.0 Å². The van der Waals surface area contributed by atoms with Gasteiger partial charge in [0, 0.05) is 74.8 Å². The molecule has 5 atom stereocenters. The van der Waals surface area contributed by atoms with E-state index in [1.807, 2.05) is 4.90 Å². The molecule has 7 fully saturated rings. The van der Waals surface area contributed by atoms with Crippen LogP contribution < -0.4 is 5.73 Å². The second-order valence-corrected chi connectivity index (χ2v) is 21.4. The summed E-state index contributed by atoms with van der Waals surface area (Å²) in [6.07, 6.45) is 17.0. The van der Waals surface area contributed by atoms with Gasteiger partial charge in [-0.3, -0.25) is 33.8 Å². The molecule has 2 amide bonds. The van der Waals surface area contributed by atoms with E-state index in [2.05, 4.69) is 51.5 Å². The Labute approximate surface area is 325 Å². The first kappa shape index (κ1) is 40.1. The summed E-state index contributed by atoms with van der Waals surface area (Å²) in [5.41, 5.74) is 5.36. The van der Waals surface area contributed by atoms with E-state index in [1.54, 1.807) is 0 Å². The Bertz CT molecular complexity index is 1480. The molecule has 2 N–H and O–H groups in total. The van der Waals surface area contributed by atoms with Gasteiger partial charge >= 0.3 is 0 Å². The molecule has 9 heteroatoms. The topological polar surface area (TPSA) is 121 Å². The van der Waals surface area contributed by atoms with Crippen LogP contribution in [-0.2, 0) is 24.0 Å². The number of carbonyl (C=O) groups excluding carboxylic acids is 5. The zero-order valence-electron chi connectivity index (χ0n) is 34.7. The fraction of sp³-hybridized carbons (Fsp3) is 0.889. The second-order valence-electron chi connectivity index (χ2n) is 21.4. The largest absolute Gasteiger partial charge is 0.363 e. The molecular weight excluding hydrogens is 677 g/mol. The highest BCUT2D eigenvalue weighted by Crippen LogP contribution is 2.88. The average Bonchev–Trinajstić information content (AvgIpc) is 3.86. The maximum Gasteiger partial charge on any atom is 0.285 e. The normalized spacial score (nSPS) is 30.8. The van der Waals surface area contributed by atoms with E-state index in [1.165, 1.54) is 51.4 Å². The standard InChI is InChI=1S/C45H72N4O5/c1-41(2,3)35(25-34(50)23-33(31-14-8-7-9-15-31)27-48-21-20-47(6)43(28-48)18-19-43)40(54)49-29-45(42(4,5)44(45)16-11-17-44)26-36(49)37(51)24-32(38(52)39(46)53)22-30-12-10-13-30/h30-33,35-36H,7-29H2,1-6H3,(H2,46,53)/t32?,33-,35-,36+,45-/m1/s1. The summed E-state index contributed by atoms with van der Waals surface area (Å²) in [4.78, 5) is 76.3. The lowest BCUT2D eigenvalue weighted by molar-refractivity contribution is -0.147. The van der Waals surface area contributed by atoms with Crippen molar-refractivity contribution >= 4 is 29.2 Å². The van der Waals surface area contributed by atoms with Gasteiger partial charge in [-0.2, -0.15) is 0 Å². The van der Waals surface area contributed by atoms with Crippen molar-refractivity contribution in [2.24, 2.45) is 57.0 Å². The highest BCUT2D eigenvalue weighted by molar-refractivity contribution is 6.36. The molecule has 9 nitrogen and oxygen atoms in total. The Morgan fingerprint density at radius 3 is 2.02 bits per heavy atom. The molecular formula is C45H72N4O5. The summed E-state index contributed by atoms with van der Waals surface area (Å²) in [6, 6.07) is -0.650. The summed E-state index contributed by atoms with van der Waals surface area (Å²) < 4.78 is 0. The minimum atomic E-state index is -0.975. The predicted molar refractivity (Wildman–Crippen MR) is 210 cm³/mol. The van der Waals surface area contributed by atoms with E-state index in [0.29, 0.717) is 49.1 Å². The van der Waals surface area contributed by atoms with Crippen molar-refractivity contribution in [1.82, 2.24) is 14.7 Å². The Kier molecular flexibility index (Phi) is 10.9. The Morgan fingerprint density at radius 2 is 1.48 bits per heavy atom. The fourth-order valence-corrected chi connectivity index (χ4v) is 13.0. The van der Waals surface area contributed by atoms with Gasteiger partial charge in [-0.25, -0.2) is 0 Å². The molecule has 0 aromatic rings. The van der Waals surface area contributed by atoms with Crippen LogP contribution in [0.5, 0.6) is 0 Å². The van der Waals surface area contributed by atoms with Crippen LogP contribution in [0.25, 0.3) is 0 Å². The Balaban J connectivity index is 1.10. The Hall–Kier alpha value is -2.13. The molecule has 1 unspecified atom stereocenters. The van der Waals surface area contributed by atoms with Crippen LogP contribution >= 0.6 is 0 Å². The predicted octanol–water partition coefficient (Wildman–Crippen LogP) is 6.59. The molecule has 54 heavy (non-hydrogen) atoms. The Morgan fingerprint density at radius 1 is 0.796 bits per heavy atom. The number of nitrogens with zero attached hydrogens (tertiary/aromatic N) is 3. The summed E-state index contributed by atoms with van der Waals surface area (Å²) in [7, 11) is 2.26. The zero-order chi connectivity index (χ0) is 38.8. The van der Waals surface area contributed by atoms with Crippen LogP contribution in [0.1, 0.15) is 150 Å². The minimum absolute atomic E-state index is 0.00273. The van der Waals surface area contributed by atoms with Crippen LogP contribution in [0.15, 0.2) is 0 Å². The number of rotatable bonds is 15. The number of likely N-dealkylation sites (tertiary alicyclic amines) is 1. The molecule has 0 bridgehead atoms. The number of hydrogen-bond acceptors (Lipinski definition) is 7. The number of carbonyl (C=O) groups is 5. The van der Waals surface area contributed by atoms with Crippen molar-refractivity contribution in [3.8, 4) is 0 Å². The van der Waals surface area contributed by atoms with Crippen LogP contribution in [-0.4, -0.2) is 95.2 Å². The number of primary amides is 1. The second kappa shape index (κ2) is 14.7. The van der Waals surface area contributed by atoms with Crippen LogP contribution in [0, 0.1) is 51.2 Å². The average molecular weight is 749 g/mol. The van der Waals surface area contributed by atoms with Crippen molar-refractivity contribution in [2.75, 3.05) is 39.8 Å². The molecule has 2 saturated heterocycles. The molecule has 5 saturated carbocycles. The molecule has 0 aromatic carbocycles. The van der Waals surface area contributed by atoms with Crippen LogP contribution in [0.2, 0.25) is 0 Å². The molecule has 302 valence electrons. The van der Waals surface area contributed by atoms with Gasteiger partial charge < -0.3 is 10.6 Å². The van der Waals surface area contributed by atoms with Gasteiger partial charge in [-0.1, -0.05) is 92.4 Å². The van der Waals surface area contributed by atoms with Crippen LogP contribution in [0.4, 0.5) is 0 Å². The SMILES string of the molecule is CN1CCN(C[C@@H](CC(=O)C[C@H](C(=O)N2C[C@]3(C[C@H]2C(=O)CC(CC2CCC2)C(=O)C(N)=O)C(C)(C)C32CCC2)C(C)(C)C)C2CCCCC2)CC12CC2. The lowest BCUT2D eigenvalue weighted by atomic mass is 9.73. The summed E-state index contributed by atoms with van der Waals surface area (Å²) in [6.45, 7) is 15.6. The highest BCUT2D eigenvalue weighted by Gasteiger charge is 2.85. The van der Waals surface area contributed by atoms with E-state index in [0.717, 1.165) is 58.3 Å². The van der Waals surface area contributed by atoms with E-state index >= 15 is 4.79 Å². The van der Waals surface area contributed by atoms with Crippen molar-refractivity contribution in [2.45, 2.75) is 162 Å². The van der Waals surface area contributed by atoms with Gasteiger partial charge in [0.25, 0.3) is 5.91 Å². The maximum absolute atomic E-state index is 15.1. The maximum atomic E-state index is 15.1. The van der Waals surface area contributed by atoms with Gasteiger partial charge in [0.1, 0.15) is 5.78 Å². The smallest absolute Gasteiger partial charge is 0.285 e. The first-order chi connectivity index (χ1) is 25.4. The van der Waals surface area contributed by atoms with Crippen molar-refractivity contribution in [3.05, 3.63) is 0 Å². The van der Waals surface area contributed by atoms with Gasteiger partial charge in [-0.15, -0.1) is 0 Å². The minimum Gasteiger partial charge on any atom is -0.363 e. The quantitative estimate of drug-likeness (QED) is 0.188. The number of amides is 2. The van der Waals surface area contributed by atoms with E-state index < -0.39 is 35.0 Å². The summed E-state index contributed by atoms with van der Waals surface area (Å²) >= 11 is 0. The number of hydrogen-bond donors (Lipinski definition) is 1. The molecule has 0 radical (unpaired) electrons.